The van der Waals surface area contributed by atoms with Crippen LogP contribution < -0.4 is 5.32 Å². The highest BCUT2D eigenvalue weighted by molar-refractivity contribution is 7.99. The molecule has 0 atom stereocenters. The maximum atomic E-state index is 11.9. The van der Waals surface area contributed by atoms with E-state index >= 15 is 0 Å². The second-order valence-corrected chi connectivity index (χ2v) is 11.6. The van der Waals surface area contributed by atoms with E-state index in [1.54, 1.807) is 0 Å². The fraction of sp³-hybridized carbons (Fsp3) is 0.889. The molecule has 11 heteroatoms. The number of nitrogens with one attached hydrogen (secondary N) is 1. The predicted molar refractivity (Wildman–Crippen MR) is 147 cm³/mol. The van der Waals surface area contributed by atoms with Crippen LogP contribution in [0.25, 0.3) is 0 Å². The standard InChI is InChI=1S/C27H49NO9S/c1-5-38-23-8-6-22(7-9-23)37-26(31)28-12-13-32-14-15-33-16-17-34-18-19-35-20-21-36-25(30)11-10-24(29)27(2,3)4/h22-23H,5-21H2,1-4H3,(H,28,31). The van der Waals surface area contributed by atoms with Gasteiger partial charge >= 0.3 is 12.1 Å². The Morgan fingerprint density at radius 1 is 0.763 bits per heavy atom. The molecule has 0 aromatic heterocycles. The van der Waals surface area contributed by atoms with Gasteiger partial charge in [-0.15, -0.1) is 0 Å². The molecule has 0 unspecified atom stereocenters. The zero-order valence-corrected chi connectivity index (χ0v) is 24.6. The quantitative estimate of drug-likeness (QED) is 0.163. The normalized spacial score (nSPS) is 17.7. The Morgan fingerprint density at radius 2 is 1.29 bits per heavy atom. The Bertz CT molecular complexity index is 649. The van der Waals surface area contributed by atoms with Crippen LogP contribution in [-0.4, -0.2) is 101 Å². The molecule has 0 saturated heterocycles. The van der Waals surface area contributed by atoms with Gasteiger partial charge in [-0.05, 0) is 31.4 Å². The van der Waals surface area contributed by atoms with E-state index in [1.165, 1.54) is 0 Å². The highest BCUT2D eigenvalue weighted by Gasteiger charge is 2.24. The zero-order valence-electron chi connectivity index (χ0n) is 23.8. The number of hydrogen-bond acceptors (Lipinski definition) is 10. The van der Waals surface area contributed by atoms with E-state index in [0.29, 0.717) is 58.0 Å². The van der Waals surface area contributed by atoms with Crippen LogP contribution in [0.4, 0.5) is 4.79 Å². The van der Waals surface area contributed by atoms with E-state index in [1.807, 2.05) is 32.5 Å². The summed E-state index contributed by atoms with van der Waals surface area (Å²) in [5, 5.41) is 3.44. The maximum absolute atomic E-state index is 11.9. The lowest BCUT2D eigenvalue weighted by molar-refractivity contribution is -0.147. The Kier molecular flexibility index (Phi) is 19.5. The fourth-order valence-corrected chi connectivity index (χ4v) is 4.69. The van der Waals surface area contributed by atoms with Gasteiger partial charge in [0.05, 0.1) is 59.3 Å². The summed E-state index contributed by atoms with van der Waals surface area (Å²) in [5.74, 6) is 0.787. The third-order valence-corrected chi connectivity index (χ3v) is 7.09. The van der Waals surface area contributed by atoms with E-state index in [9.17, 15) is 14.4 Å². The number of esters is 1. The van der Waals surface area contributed by atoms with Gasteiger partial charge in [-0.3, -0.25) is 9.59 Å². The first-order chi connectivity index (χ1) is 18.2. The maximum Gasteiger partial charge on any atom is 0.407 e. The summed E-state index contributed by atoms with van der Waals surface area (Å²) >= 11 is 1.99. The lowest BCUT2D eigenvalue weighted by Crippen LogP contribution is -2.33. The first-order valence-corrected chi connectivity index (χ1v) is 14.8. The molecule has 0 spiro atoms. The van der Waals surface area contributed by atoms with Gasteiger partial charge in [0.25, 0.3) is 0 Å². The van der Waals surface area contributed by atoms with Crippen molar-refractivity contribution in [1.29, 1.82) is 0 Å². The van der Waals surface area contributed by atoms with Crippen LogP contribution in [-0.2, 0) is 38.0 Å². The predicted octanol–water partition coefficient (Wildman–Crippen LogP) is 3.78. The molecule has 0 radical (unpaired) electrons. The van der Waals surface area contributed by atoms with E-state index in [2.05, 4.69) is 12.2 Å². The first kappa shape index (κ1) is 34.6. The number of hydrogen-bond donors (Lipinski definition) is 1. The average Bonchev–Trinajstić information content (AvgIpc) is 2.87. The monoisotopic (exact) mass is 563 g/mol. The number of Topliss-reactive ketones (excluding diaryl/α,β-unsaturated/α-hetero) is 1. The van der Waals surface area contributed by atoms with Gasteiger partial charge in [0, 0.05) is 23.6 Å². The van der Waals surface area contributed by atoms with Gasteiger partial charge in [0.1, 0.15) is 18.5 Å². The van der Waals surface area contributed by atoms with Crippen molar-refractivity contribution in [2.75, 3.05) is 71.8 Å². The molecule has 1 aliphatic carbocycles. The summed E-state index contributed by atoms with van der Waals surface area (Å²) in [4.78, 5) is 35.3. The third kappa shape index (κ3) is 18.8. The summed E-state index contributed by atoms with van der Waals surface area (Å²) in [6, 6.07) is 0. The Morgan fingerprint density at radius 3 is 1.82 bits per heavy atom. The van der Waals surface area contributed by atoms with E-state index < -0.39 is 11.4 Å². The summed E-state index contributed by atoms with van der Waals surface area (Å²) in [7, 11) is 0. The molecule has 222 valence electrons. The highest BCUT2D eigenvalue weighted by atomic mass is 32.2. The Hall–Kier alpha value is -1.40. The summed E-state index contributed by atoms with van der Waals surface area (Å²) in [6.07, 6.45) is 4.04. The molecule has 0 bridgehead atoms. The van der Waals surface area contributed by atoms with Gasteiger partial charge in [0.2, 0.25) is 0 Å². The lowest BCUT2D eigenvalue weighted by Gasteiger charge is -2.27. The van der Waals surface area contributed by atoms with Crippen LogP contribution in [0.5, 0.6) is 0 Å². The van der Waals surface area contributed by atoms with Crippen molar-refractivity contribution in [3.63, 3.8) is 0 Å². The fourth-order valence-electron chi connectivity index (χ4n) is 3.61. The van der Waals surface area contributed by atoms with Crippen LogP contribution >= 0.6 is 11.8 Å². The molecule has 1 fully saturated rings. The van der Waals surface area contributed by atoms with Gasteiger partial charge in [-0.2, -0.15) is 11.8 Å². The zero-order chi connectivity index (χ0) is 28.1. The topological polar surface area (TPSA) is 119 Å². The van der Waals surface area contributed by atoms with Crippen molar-refractivity contribution in [3.8, 4) is 0 Å². The lowest BCUT2D eigenvalue weighted by atomic mass is 9.88. The minimum Gasteiger partial charge on any atom is -0.463 e. The SMILES string of the molecule is CCSC1CCC(OC(=O)NCCOCCOCCOCCOCCOC(=O)CCC(=O)C(C)(C)C)CC1. The minimum atomic E-state index is -0.440. The first-order valence-electron chi connectivity index (χ1n) is 13.8. The van der Waals surface area contributed by atoms with E-state index in [4.69, 9.17) is 28.4 Å². The third-order valence-electron chi connectivity index (χ3n) is 5.81. The Labute approximate surface area is 232 Å². The minimum absolute atomic E-state index is 0.0267. The van der Waals surface area contributed by atoms with Crippen molar-refractivity contribution in [2.24, 2.45) is 5.41 Å². The van der Waals surface area contributed by atoms with Crippen molar-refractivity contribution in [3.05, 3.63) is 0 Å². The molecule has 0 heterocycles. The molecule has 10 nitrogen and oxygen atoms in total. The molecule has 0 aliphatic heterocycles. The number of ketones is 1. The van der Waals surface area contributed by atoms with Crippen molar-refractivity contribution in [2.45, 2.75) is 77.6 Å². The van der Waals surface area contributed by atoms with Crippen LogP contribution in [0.1, 0.15) is 66.2 Å². The molecule has 38 heavy (non-hydrogen) atoms. The molecule has 0 aromatic carbocycles. The molecule has 1 rings (SSSR count). The van der Waals surface area contributed by atoms with Gasteiger partial charge in [-0.25, -0.2) is 4.79 Å². The number of alkyl carbamates (subject to hydrolysis) is 1. The van der Waals surface area contributed by atoms with Gasteiger partial charge in [-0.1, -0.05) is 27.7 Å². The van der Waals surface area contributed by atoms with Crippen molar-refractivity contribution >= 4 is 29.6 Å². The summed E-state index contributed by atoms with van der Waals surface area (Å²) < 4.78 is 32.2. The molecule has 1 aliphatic rings. The van der Waals surface area contributed by atoms with Crippen LogP contribution in [0.15, 0.2) is 0 Å². The second-order valence-electron chi connectivity index (χ2n) is 10.0. The van der Waals surface area contributed by atoms with Gasteiger partial charge < -0.3 is 33.7 Å². The van der Waals surface area contributed by atoms with Crippen molar-refractivity contribution in [1.82, 2.24) is 5.32 Å². The molecule has 1 saturated carbocycles. The summed E-state index contributed by atoms with van der Waals surface area (Å²) in [6.45, 7) is 11.5. The smallest absolute Gasteiger partial charge is 0.407 e. The number of thioether (sulfide) groups is 1. The van der Waals surface area contributed by atoms with Crippen LogP contribution in [0, 0.1) is 5.41 Å². The molecular formula is C27H49NO9S. The van der Waals surface area contributed by atoms with Crippen molar-refractivity contribution < 1.29 is 42.8 Å². The number of amides is 1. The number of carbonyl (C=O) groups excluding carboxylic acids is 3. The number of rotatable bonds is 21. The second kappa shape index (κ2) is 21.4. The van der Waals surface area contributed by atoms with Gasteiger partial charge in [0.15, 0.2) is 0 Å². The molecular weight excluding hydrogens is 514 g/mol. The van der Waals surface area contributed by atoms with Crippen LogP contribution in [0.3, 0.4) is 0 Å². The van der Waals surface area contributed by atoms with E-state index in [0.717, 1.165) is 31.4 Å². The summed E-state index contributed by atoms with van der Waals surface area (Å²) in [5.41, 5.74) is -0.440. The molecule has 1 amide bonds. The molecule has 0 aromatic rings. The average molecular weight is 564 g/mol. The number of carbonyl (C=O) groups is 3. The largest absolute Gasteiger partial charge is 0.463 e. The van der Waals surface area contributed by atoms with Crippen LogP contribution in [0.2, 0.25) is 0 Å². The Balaban J connectivity index is 1.79. The molecule has 1 N–H and O–H groups in total. The highest BCUT2D eigenvalue weighted by Crippen LogP contribution is 2.29. The number of ether oxygens (including phenoxy) is 6. The van der Waals surface area contributed by atoms with E-state index in [-0.39, 0.29) is 44.0 Å².